The fraction of sp³-hybridized carbons (Fsp3) is 0.176. The molecule has 0 saturated carbocycles. The first-order valence-electron chi connectivity index (χ1n) is 6.39. The molecule has 4 heteroatoms. The van der Waals surface area contributed by atoms with E-state index in [1.165, 1.54) is 17.7 Å². The minimum absolute atomic E-state index is 0.225. The van der Waals surface area contributed by atoms with Gasteiger partial charge < -0.3 is 5.11 Å². The summed E-state index contributed by atoms with van der Waals surface area (Å²) in [4.78, 5) is 0. The fourth-order valence-corrected chi connectivity index (χ4v) is 2.87. The minimum Gasteiger partial charge on any atom is -0.384 e. The molecule has 0 spiro atoms. The first-order chi connectivity index (χ1) is 10.2. The number of hydrogen-bond donors (Lipinski definition) is 1. The van der Waals surface area contributed by atoms with Crippen LogP contribution in [0.25, 0.3) is 0 Å². The first-order valence-corrected chi connectivity index (χ1v) is 7.92. The van der Waals surface area contributed by atoms with E-state index in [4.69, 9.17) is 16.7 Å². The zero-order valence-electron chi connectivity index (χ0n) is 11.3. The van der Waals surface area contributed by atoms with Crippen LogP contribution in [0.15, 0.2) is 42.5 Å². The highest BCUT2D eigenvalue weighted by atomic mass is 35.5. The molecule has 0 aromatic heterocycles. The Kier molecular flexibility index (Phi) is 6.13. The average Bonchev–Trinajstić information content (AvgIpc) is 2.47. The van der Waals surface area contributed by atoms with E-state index in [-0.39, 0.29) is 12.4 Å². The van der Waals surface area contributed by atoms with Gasteiger partial charge in [0.25, 0.3) is 0 Å². The highest BCUT2D eigenvalue weighted by Gasteiger charge is 2.01. The van der Waals surface area contributed by atoms with E-state index in [1.807, 2.05) is 30.3 Å². The van der Waals surface area contributed by atoms with Crippen molar-refractivity contribution in [2.75, 3.05) is 6.61 Å². The lowest BCUT2D eigenvalue weighted by atomic mass is 10.1. The molecule has 1 N–H and O–H groups in total. The predicted molar refractivity (Wildman–Crippen MR) is 86.8 cm³/mol. The van der Waals surface area contributed by atoms with E-state index in [2.05, 4.69) is 11.8 Å². The number of benzene rings is 2. The molecule has 0 aliphatic carbocycles. The average molecular weight is 321 g/mol. The molecule has 2 rings (SSSR count). The summed E-state index contributed by atoms with van der Waals surface area (Å²) in [6.07, 6.45) is 0. The summed E-state index contributed by atoms with van der Waals surface area (Å²) < 4.78 is 13.5. The van der Waals surface area contributed by atoms with Crippen molar-refractivity contribution >= 4 is 23.4 Å². The van der Waals surface area contributed by atoms with Gasteiger partial charge in [0.2, 0.25) is 0 Å². The molecule has 2 aromatic carbocycles. The van der Waals surface area contributed by atoms with Crippen LogP contribution < -0.4 is 0 Å². The second-order valence-corrected chi connectivity index (χ2v) is 5.85. The van der Waals surface area contributed by atoms with Gasteiger partial charge in [-0.2, -0.15) is 11.8 Å². The van der Waals surface area contributed by atoms with Crippen molar-refractivity contribution in [3.8, 4) is 11.8 Å². The van der Waals surface area contributed by atoms with Crippen LogP contribution in [0.1, 0.15) is 16.7 Å². The van der Waals surface area contributed by atoms with Crippen LogP contribution in [0.2, 0.25) is 5.02 Å². The van der Waals surface area contributed by atoms with Gasteiger partial charge in [0.1, 0.15) is 12.4 Å². The Morgan fingerprint density at radius 3 is 2.48 bits per heavy atom. The van der Waals surface area contributed by atoms with E-state index in [1.54, 1.807) is 11.8 Å². The van der Waals surface area contributed by atoms with Gasteiger partial charge in [0.15, 0.2) is 0 Å². The molecular weight excluding hydrogens is 307 g/mol. The molecule has 0 heterocycles. The third kappa shape index (κ3) is 5.43. The van der Waals surface area contributed by atoms with Gasteiger partial charge in [-0.1, -0.05) is 35.6 Å². The van der Waals surface area contributed by atoms with E-state index >= 15 is 0 Å². The summed E-state index contributed by atoms with van der Waals surface area (Å²) in [7, 11) is 0. The SMILES string of the molecule is OCC#Cc1cc(F)cc(CSCc2ccc(Cl)cc2)c1. The lowest BCUT2D eigenvalue weighted by molar-refractivity contribution is 0.350. The summed E-state index contributed by atoms with van der Waals surface area (Å²) in [6.45, 7) is -0.225. The highest BCUT2D eigenvalue weighted by Crippen LogP contribution is 2.20. The summed E-state index contributed by atoms with van der Waals surface area (Å²) in [5.74, 6) is 6.49. The van der Waals surface area contributed by atoms with Gasteiger partial charge in [0, 0.05) is 22.1 Å². The van der Waals surface area contributed by atoms with Crippen molar-refractivity contribution in [2.24, 2.45) is 0 Å². The monoisotopic (exact) mass is 320 g/mol. The fourth-order valence-electron chi connectivity index (χ4n) is 1.81. The van der Waals surface area contributed by atoms with Gasteiger partial charge >= 0.3 is 0 Å². The Morgan fingerprint density at radius 2 is 1.76 bits per heavy atom. The van der Waals surface area contributed by atoms with Crippen LogP contribution in [0.5, 0.6) is 0 Å². The Bertz CT molecular complexity index is 659. The minimum atomic E-state index is -0.304. The maximum Gasteiger partial charge on any atom is 0.124 e. The smallest absolute Gasteiger partial charge is 0.124 e. The van der Waals surface area contributed by atoms with E-state index in [9.17, 15) is 4.39 Å². The van der Waals surface area contributed by atoms with Gasteiger partial charge in [-0.3, -0.25) is 0 Å². The largest absolute Gasteiger partial charge is 0.384 e. The second kappa shape index (κ2) is 8.09. The topological polar surface area (TPSA) is 20.2 Å². The Labute approximate surface area is 133 Å². The Balaban J connectivity index is 1.96. The highest BCUT2D eigenvalue weighted by molar-refractivity contribution is 7.97. The molecule has 0 atom stereocenters. The van der Waals surface area contributed by atoms with E-state index in [0.29, 0.717) is 11.3 Å². The molecule has 0 amide bonds. The number of rotatable bonds is 4. The molecule has 21 heavy (non-hydrogen) atoms. The van der Waals surface area contributed by atoms with Gasteiger partial charge in [-0.15, -0.1) is 0 Å². The quantitative estimate of drug-likeness (QED) is 0.850. The molecule has 0 aliphatic heterocycles. The molecule has 0 aliphatic rings. The van der Waals surface area contributed by atoms with E-state index < -0.39 is 0 Å². The molecule has 2 aromatic rings. The molecule has 0 unspecified atom stereocenters. The van der Waals surface area contributed by atoms with Crippen molar-refractivity contribution in [1.82, 2.24) is 0 Å². The lowest BCUT2D eigenvalue weighted by Gasteiger charge is -2.04. The Hall–Kier alpha value is -1.47. The summed E-state index contributed by atoms with van der Waals surface area (Å²) in [6, 6.07) is 12.4. The predicted octanol–water partition coefficient (Wildman–Crippen LogP) is 4.26. The molecule has 0 fully saturated rings. The van der Waals surface area contributed by atoms with Crippen molar-refractivity contribution in [2.45, 2.75) is 11.5 Å². The third-order valence-corrected chi connectivity index (χ3v) is 4.05. The number of halogens is 2. The van der Waals surface area contributed by atoms with Crippen molar-refractivity contribution in [3.05, 3.63) is 70.0 Å². The van der Waals surface area contributed by atoms with Crippen LogP contribution in [-0.4, -0.2) is 11.7 Å². The zero-order valence-corrected chi connectivity index (χ0v) is 12.8. The second-order valence-electron chi connectivity index (χ2n) is 4.43. The van der Waals surface area contributed by atoms with Crippen LogP contribution in [0.3, 0.4) is 0 Å². The summed E-state index contributed by atoms with van der Waals surface area (Å²) in [5.41, 5.74) is 2.66. The van der Waals surface area contributed by atoms with Crippen LogP contribution >= 0.6 is 23.4 Å². The Morgan fingerprint density at radius 1 is 1.05 bits per heavy atom. The van der Waals surface area contributed by atoms with Crippen molar-refractivity contribution in [1.29, 1.82) is 0 Å². The van der Waals surface area contributed by atoms with Gasteiger partial charge in [-0.25, -0.2) is 4.39 Å². The number of hydrogen-bond acceptors (Lipinski definition) is 2. The standard InChI is InChI=1S/C17H14ClFOS/c18-16-5-3-13(4-6-16)11-21-12-15-8-14(2-1-7-20)9-17(19)10-15/h3-6,8-10,20H,7,11-12H2. The van der Waals surface area contributed by atoms with E-state index in [0.717, 1.165) is 16.3 Å². The van der Waals surface area contributed by atoms with Crippen molar-refractivity contribution in [3.63, 3.8) is 0 Å². The van der Waals surface area contributed by atoms with Crippen LogP contribution in [0, 0.1) is 17.7 Å². The van der Waals surface area contributed by atoms with Gasteiger partial charge in [-0.05, 0) is 41.5 Å². The zero-order chi connectivity index (χ0) is 15.1. The molecular formula is C17H14ClFOS. The van der Waals surface area contributed by atoms with Gasteiger partial charge in [0.05, 0.1) is 0 Å². The van der Waals surface area contributed by atoms with Crippen LogP contribution in [-0.2, 0) is 11.5 Å². The maximum atomic E-state index is 13.5. The number of thioether (sulfide) groups is 1. The third-order valence-electron chi connectivity index (χ3n) is 2.72. The van der Waals surface area contributed by atoms with Crippen LogP contribution in [0.4, 0.5) is 4.39 Å². The molecule has 0 bridgehead atoms. The molecule has 0 radical (unpaired) electrons. The first kappa shape index (κ1) is 15.9. The normalized spacial score (nSPS) is 10.0. The number of aliphatic hydroxyl groups excluding tert-OH is 1. The maximum absolute atomic E-state index is 13.5. The number of aliphatic hydroxyl groups is 1. The van der Waals surface area contributed by atoms with Crippen molar-refractivity contribution < 1.29 is 9.50 Å². The summed E-state index contributed by atoms with van der Waals surface area (Å²) >= 11 is 7.54. The lowest BCUT2D eigenvalue weighted by Crippen LogP contribution is -1.88. The molecule has 0 saturated heterocycles. The molecule has 108 valence electrons. The molecule has 1 nitrogen and oxygen atoms in total. The summed E-state index contributed by atoms with van der Waals surface area (Å²) in [5, 5.41) is 9.40.